The minimum absolute atomic E-state index is 0.269. The van der Waals surface area contributed by atoms with Gasteiger partial charge in [-0.3, -0.25) is 0 Å². The first-order valence-electron chi connectivity index (χ1n) is 13.3. The molecule has 9 heteroatoms. The molecular formula is C33H28O8S. The molecule has 1 heterocycles. The van der Waals surface area contributed by atoms with E-state index in [9.17, 15) is 19.5 Å². The van der Waals surface area contributed by atoms with Gasteiger partial charge in [0.1, 0.15) is 11.5 Å². The summed E-state index contributed by atoms with van der Waals surface area (Å²) in [5.74, 6) is -2.03. The summed E-state index contributed by atoms with van der Waals surface area (Å²) < 4.78 is 23.9. The minimum atomic E-state index is -1.24. The molecule has 1 aliphatic heterocycles. The number of carbonyl (C=O) groups excluding carboxylic acids is 3. The predicted octanol–water partition coefficient (Wildman–Crippen LogP) is 5.17. The topological polar surface area (TPSA) is 108 Å². The number of aliphatic hydroxyl groups is 1. The van der Waals surface area contributed by atoms with E-state index < -0.39 is 54.4 Å². The number of esters is 3. The number of hydrogen-bond acceptors (Lipinski definition) is 9. The van der Waals surface area contributed by atoms with Gasteiger partial charge in [-0.2, -0.15) is 0 Å². The maximum Gasteiger partial charge on any atom is 0.338 e. The van der Waals surface area contributed by atoms with Crippen LogP contribution in [0.4, 0.5) is 0 Å². The van der Waals surface area contributed by atoms with Crippen LogP contribution in [0.5, 0.6) is 0 Å². The van der Waals surface area contributed by atoms with Gasteiger partial charge >= 0.3 is 17.9 Å². The first-order chi connectivity index (χ1) is 20.5. The normalized spacial score (nSPS) is 20.3. The van der Waals surface area contributed by atoms with Crippen LogP contribution in [0.2, 0.25) is 0 Å². The van der Waals surface area contributed by atoms with E-state index in [2.05, 4.69) is 0 Å². The molecule has 0 spiro atoms. The van der Waals surface area contributed by atoms with Gasteiger partial charge < -0.3 is 24.1 Å². The molecule has 1 N–H and O–H groups in total. The third-order valence-electron chi connectivity index (χ3n) is 6.52. The Bertz CT molecular complexity index is 1470. The van der Waals surface area contributed by atoms with Crippen molar-refractivity contribution in [3.8, 4) is 0 Å². The molecule has 1 saturated heterocycles. The Balaban J connectivity index is 1.49. The van der Waals surface area contributed by atoms with E-state index in [-0.39, 0.29) is 11.1 Å². The Morgan fingerprint density at radius 3 is 1.55 bits per heavy atom. The molecule has 1 aliphatic rings. The van der Waals surface area contributed by atoms with Gasteiger partial charge in [0.15, 0.2) is 18.3 Å². The van der Waals surface area contributed by atoms with Gasteiger partial charge in [0.25, 0.3) is 0 Å². The van der Waals surface area contributed by atoms with Crippen LogP contribution in [-0.4, -0.2) is 59.5 Å². The lowest BCUT2D eigenvalue weighted by Gasteiger charge is -2.27. The molecule has 8 nitrogen and oxygen atoms in total. The molecule has 214 valence electrons. The molecule has 0 aliphatic carbocycles. The average Bonchev–Trinajstić information content (AvgIpc) is 3.36. The molecule has 0 unspecified atom stereocenters. The van der Waals surface area contributed by atoms with E-state index in [4.69, 9.17) is 18.9 Å². The number of thioether (sulfide) groups is 1. The Morgan fingerprint density at radius 2 is 1.07 bits per heavy atom. The Kier molecular flexibility index (Phi) is 9.66. The quantitative estimate of drug-likeness (QED) is 0.199. The van der Waals surface area contributed by atoms with Crippen molar-refractivity contribution in [2.45, 2.75) is 34.7 Å². The fourth-order valence-corrected chi connectivity index (χ4v) is 5.57. The standard InChI is InChI=1S/C33H28O8S/c34-21-26(38-30(35)22-13-5-1-6-14-22)27-28(39-31(36)23-15-7-2-8-16-23)29(40-32(37)24-17-9-3-10-18-24)33(41-27)42-25-19-11-4-12-20-25/h1-20,26-29,33-34H,21H2/t26-,27+,28+,29-,33+/m1/s1. The van der Waals surface area contributed by atoms with Crippen molar-refractivity contribution >= 4 is 29.7 Å². The van der Waals surface area contributed by atoms with Gasteiger partial charge in [0, 0.05) is 4.90 Å². The van der Waals surface area contributed by atoms with Crippen LogP contribution in [0.1, 0.15) is 31.1 Å². The second-order valence-electron chi connectivity index (χ2n) is 9.36. The van der Waals surface area contributed by atoms with Crippen LogP contribution < -0.4 is 0 Å². The molecule has 4 aromatic rings. The van der Waals surface area contributed by atoms with Crippen molar-refractivity contribution in [3.05, 3.63) is 138 Å². The fourth-order valence-electron chi connectivity index (χ4n) is 4.46. The predicted molar refractivity (Wildman–Crippen MR) is 155 cm³/mol. The van der Waals surface area contributed by atoms with Crippen molar-refractivity contribution in [2.24, 2.45) is 0 Å². The van der Waals surface area contributed by atoms with Crippen molar-refractivity contribution in [1.82, 2.24) is 0 Å². The van der Waals surface area contributed by atoms with E-state index >= 15 is 0 Å². The van der Waals surface area contributed by atoms with Crippen molar-refractivity contribution in [3.63, 3.8) is 0 Å². The third-order valence-corrected chi connectivity index (χ3v) is 7.68. The number of benzene rings is 4. The van der Waals surface area contributed by atoms with Gasteiger partial charge in [-0.1, -0.05) is 84.6 Å². The van der Waals surface area contributed by atoms with Gasteiger partial charge in [-0.15, -0.1) is 0 Å². The zero-order valence-electron chi connectivity index (χ0n) is 22.4. The zero-order valence-corrected chi connectivity index (χ0v) is 23.2. The van der Waals surface area contributed by atoms with Crippen molar-refractivity contribution < 1.29 is 38.4 Å². The zero-order chi connectivity index (χ0) is 29.3. The second kappa shape index (κ2) is 14.0. The molecule has 4 aromatic carbocycles. The van der Waals surface area contributed by atoms with Gasteiger partial charge in [0.05, 0.1) is 23.3 Å². The SMILES string of the molecule is O=C(O[C@H]1[C@H]([C@@H](CO)OC(=O)c2ccccc2)O[C@@H](Sc2ccccc2)[C@@H]1OC(=O)c1ccccc1)c1ccccc1. The van der Waals surface area contributed by atoms with Gasteiger partial charge in [-0.05, 0) is 48.5 Å². The van der Waals surface area contributed by atoms with E-state index in [1.807, 2.05) is 30.3 Å². The maximum atomic E-state index is 13.3. The van der Waals surface area contributed by atoms with Crippen LogP contribution in [0, 0.1) is 0 Å². The molecule has 5 atom stereocenters. The highest BCUT2D eigenvalue weighted by Crippen LogP contribution is 2.39. The number of hydrogen-bond donors (Lipinski definition) is 1. The van der Waals surface area contributed by atoms with Gasteiger partial charge in [-0.25, -0.2) is 14.4 Å². The molecular weight excluding hydrogens is 556 g/mol. The van der Waals surface area contributed by atoms with Crippen LogP contribution >= 0.6 is 11.8 Å². The summed E-state index contributed by atoms with van der Waals surface area (Å²) in [7, 11) is 0. The summed E-state index contributed by atoms with van der Waals surface area (Å²) in [6, 6.07) is 34.3. The third kappa shape index (κ3) is 7.06. The molecule has 0 saturated carbocycles. The van der Waals surface area contributed by atoms with E-state index in [1.54, 1.807) is 91.0 Å². The summed E-state index contributed by atoms with van der Waals surface area (Å²) in [6.07, 6.45) is -4.76. The van der Waals surface area contributed by atoms with Gasteiger partial charge in [0.2, 0.25) is 0 Å². The molecule has 0 radical (unpaired) electrons. The lowest BCUT2D eigenvalue weighted by molar-refractivity contribution is -0.0873. The molecule has 0 bridgehead atoms. The summed E-state index contributed by atoms with van der Waals surface area (Å²) in [6.45, 7) is -0.634. The minimum Gasteiger partial charge on any atom is -0.453 e. The van der Waals surface area contributed by atoms with Crippen LogP contribution in [0.15, 0.2) is 126 Å². The van der Waals surface area contributed by atoms with Crippen LogP contribution in [0.25, 0.3) is 0 Å². The first-order valence-corrected chi connectivity index (χ1v) is 14.2. The van der Waals surface area contributed by atoms with Crippen LogP contribution in [0.3, 0.4) is 0 Å². The first kappa shape index (κ1) is 29.1. The highest BCUT2D eigenvalue weighted by Gasteiger charge is 2.54. The summed E-state index contributed by atoms with van der Waals surface area (Å²) in [5, 5.41) is 10.4. The summed E-state index contributed by atoms with van der Waals surface area (Å²) >= 11 is 1.26. The molecule has 42 heavy (non-hydrogen) atoms. The number of ether oxygens (including phenoxy) is 4. The smallest absolute Gasteiger partial charge is 0.338 e. The van der Waals surface area contributed by atoms with E-state index in [1.165, 1.54) is 11.8 Å². The number of carbonyl (C=O) groups is 3. The number of rotatable bonds is 10. The maximum absolute atomic E-state index is 13.3. The van der Waals surface area contributed by atoms with Crippen molar-refractivity contribution in [2.75, 3.05) is 6.61 Å². The van der Waals surface area contributed by atoms with E-state index in [0.717, 1.165) is 4.90 Å². The van der Waals surface area contributed by atoms with Crippen LogP contribution in [-0.2, 0) is 18.9 Å². The average molecular weight is 585 g/mol. The Hall–Kier alpha value is -4.44. The highest BCUT2D eigenvalue weighted by molar-refractivity contribution is 7.99. The molecule has 0 aromatic heterocycles. The summed E-state index contributed by atoms with van der Waals surface area (Å²) in [4.78, 5) is 40.3. The summed E-state index contributed by atoms with van der Waals surface area (Å²) in [5.41, 5.74) is -0.0331. The van der Waals surface area contributed by atoms with E-state index in [0.29, 0.717) is 5.56 Å². The fraction of sp³-hybridized carbons (Fsp3) is 0.182. The van der Waals surface area contributed by atoms with Crippen molar-refractivity contribution in [1.29, 1.82) is 0 Å². The lowest BCUT2D eigenvalue weighted by atomic mass is 10.1. The highest BCUT2D eigenvalue weighted by atomic mass is 32.2. The molecule has 1 fully saturated rings. The number of aliphatic hydroxyl groups excluding tert-OH is 1. The second-order valence-corrected chi connectivity index (χ2v) is 10.5. The Morgan fingerprint density at radius 1 is 0.643 bits per heavy atom. The largest absolute Gasteiger partial charge is 0.453 e. The Labute approximate surface area is 247 Å². The lowest BCUT2D eigenvalue weighted by Crippen LogP contribution is -2.46. The monoisotopic (exact) mass is 584 g/mol. The molecule has 0 amide bonds. The molecule has 5 rings (SSSR count).